The molecule has 98 valence electrons. The summed E-state index contributed by atoms with van der Waals surface area (Å²) >= 11 is 0. The van der Waals surface area contributed by atoms with E-state index in [1.807, 2.05) is 12.4 Å². The van der Waals surface area contributed by atoms with Crippen LogP contribution in [0.15, 0.2) is 30.6 Å². The van der Waals surface area contributed by atoms with E-state index in [-0.39, 0.29) is 0 Å². The molecule has 1 N–H and O–H groups in total. The molecule has 18 heavy (non-hydrogen) atoms. The molecule has 0 amide bonds. The number of fused-ring (bicyclic) bond motifs is 1. The van der Waals surface area contributed by atoms with Gasteiger partial charge in [-0.3, -0.25) is 0 Å². The van der Waals surface area contributed by atoms with Gasteiger partial charge >= 0.3 is 0 Å². The number of rotatable bonds is 7. The predicted molar refractivity (Wildman–Crippen MR) is 76.8 cm³/mol. The number of aromatic nitrogens is 2. The summed E-state index contributed by atoms with van der Waals surface area (Å²) in [5.41, 5.74) is 2.34. The zero-order valence-corrected chi connectivity index (χ0v) is 11.4. The Labute approximate surface area is 109 Å². The van der Waals surface area contributed by atoms with Crippen LogP contribution in [0.3, 0.4) is 0 Å². The maximum Gasteiger partial charge on any atom is 0.0961 e. The van der Waals surface area contributed by atoms with Crippen LogP contribution in [0.2, 0.25) is 0 Å². The molecule has 1 atom stereocenters. The second kappa shape index (κ2) is 6.55. The summed E-state index contributed by atoms with van der Waals surface area (Å²) in [4.78, 5) is 4.49. The van der Waals surface area contributed by atoms with Crippen LogP contribution in [-0.4, -0.2) is 22.6 Å². The normalized spacial score (nSPS) is 13.0. The zero-order chi connectivity index (χ0) is 12.8. The summed E-state index contributed by atoms with van der Waals surface area (Å²) in [6.45, 7) is 6.56. The fourth-order valence-electron chi connectivity index (χ4n) is 2.39. The van der Waals surface area contributed by atoms with Gasteiger partial charge in [0.2, 0.25) is 0 Å². The number of imidazole rings is 1. The lowest BCUT2D eigenvalue weighted by molar-refractivity contribution is 0.437. The molecular formula is C15H23N3. The fourth-order valence-corrected chi connectivity index (χ4v) is 2.39. The van der Waals surface area contributed by atoms with Gasteiger partial charge in [-0.25, -0.2) is 4.98 Å². The van der Waals surface area contributed by atoms with Crippen LogP contribution in [0, 0.1) is 0 Å². The highest BCUT2D eigenvalue weighted by Gasteiger charge is 2.12. The van der Waals surface area contributed by atoms with Crippen molar-refractivity contribution >= 4 is 11.0 Å². The molecule has 0 fully saturated rings. The lowest BCUT2D eigenvalue weighted by Gasteiger charge is -2.19. The van der Waals surface area contributed by atoms with E-state index < -0.39 is 0 Å². The summed E-state index contributed by atoms with van der Waals surface area (Å²) in [6, 6.07) is 8.88. The molecule has 1 heterocycles. The number of para-hydroxylation sites is 2. The first-order valence-electron chi connectivity index (χ1n) is 6.99. The van der Waals surface area contributed by atoms with Crippen molar-refractivity contribution in [2.45, 2.75) is 39.2 Å². The molecule has 0 saturated carbocycles. The van der Waals surface area contributed by atoms with E-state index in [1.54, 1.807) is 0 Å². The highest BCUT2D eigenvalue weighted by molar-refractivity contribution is 5.75. The molecular weight excluding hydrogens is 222 g/mol. The largest absolute Gasteiger partial charge is 0.326 e. The monoisotopic (exact) mass is 245 g/mol. The Balaban J connectivity index is 2.18. The summed E-state index contributed by atoms with van der Waals surface area (Å²) in [7, 11) is 0. The Hall–Kier alpha value is -1.35. The summed E-state index contributed by atoms with van der Waals surface area (Å²) in [5, 5.41) is 3.52. The number of nitrogens with one attached hydrogen (secondary N) is 1. The van der Waals surface area contributed by atoms with Crippen molar-refractivity contribution in [2.24, 2.45) is 0 Å². The van der Waals surface area contributed by atoms with Gasteiger partial charge in [0.15, 0.2) is 0 Å². The Morgan fingerprint density at radius 2 is 2.06 bits per heavy atom. The van der Waals surface area contributed by atoms with Crippen LogP contribution in [0.4, 0.5) is 0 Å². The van der Waals surface area contributed by atoms with E-state index in [1.165, 1.54) is 24.8 Å². The van der Waals surface area contributed by atoms with Crippen molar-refractivity contribution in [3.8, 4) is 0 Å². The average molecular weight is 245 g/mol. The second-order valence-electron chi connectivity index (χ2n) is 4.79. The van der Waals surface area contributed by atoms with Gasteiger partial charge in [-0.15, -0.1) is 0 Å². The van der Waals surface area contributed by atoms with Gasteiger partial charge in [0.05, 0.1) is 17.4 Å². The van der Waals surface area contributed by atoms with Gasteiger partial charge in [0.1, 0.15) is 0 Å². The molecule has 0 aliphatic rings. The highest BCUT2D eigenvalue weighted by Crippen LogP contribution is 2.20. The number of hydrogen-bond donors (Lipinski definition) is 1. The van der Waals surface area contributed by atoms with E-state index in [0.29, 0.717) is 6.04 Å². The van der Waals surface area contributed by atoms with Crippen LogP contribution < -0.4 is 5.32 Å². The lowest BCUT2D eigenvalue weighted by atomic mass is 10.1. The van der Waals surface area contributed by atoms with Crippen molar-refractivity contribution in [3.05, 3.63) is 30.6 Å². The number of hydrogen-bond acceptors (Lipinski definition) is 2. The maximum atomic E-state index is 4.49. The minimum absolute atomic E-state index is 0.508. The van der Waals surface area contributed by atoms with Crippen LogP contribution in [-0.2, 0) is 0 Å². The molecule has 2 rings (SSSR count). The Morgan fingerprint density at radius 3 is 2.83 bits per heavy atom. The zero-order valence-electron chi connectivity index (χ0n) is 11.4. The van der Waals surface area contributed by atoms with Crippen LogP contribution >= 0.6 is 0 Å². The van der Waals surface area contributed by atoms with Crippen molar-refractivity contribution in [3.63, 3.8) is 0 Å². The first kappa shape index (κ1) is 13.1. The third-order valence-electron chi connectivity index (χ3n) is 3.30. The topological polar surface area (TPSA) is 29.9 Å². The van der Waals surface area contributed by atoms with Gasteiger partial charge in [-0.1, -0.05) is 32.4 Å². The summed E-state index contributed by atoms with van der Waals surface area (Å²) < 4.78 is 2.32. The molecule has 1 aromatic heterocycles. The van der Waals surface area contributed by atoms with E-state index in [9.17, 15) is 0 Å². The minimum Gasteiger partial charge on any atom is -0.326 e. The Kier molecular flexibility index (Phi) is 4.76. The molecule has 0 aliphatic heterocycles. The molecule has 0 spiro atoms. The van der Waals surface area contributed by atoms with E-state index in [4.69, 9.17) is 0 Å². The van der Waals surface area contributed by atoms with Crippen LogP contribution in [0.25, 0.3) is 11.0 Å². The Bertz CT molecular complexity index is 475. The van der Waals surface area contributed by atoms with Gasteiger partial charge < -0.3 is 9.88 Å². The first-order valence-corrected chi connectivity index (χ1v) is 6.99. The quantitative estimate of drug-likeness (QED) is 0.758. The van der Waals surface area contributed by atoms with Gasteiger partial charge in [0.25, 0.3) is 0 Å². The molecule has 0 aliphatic carbocycles. The Morgan fingerprint density at radius 1 is 1.22 bits per heavy atom. The van der Waals surface area contributed by atoms with Crippen molar-refractivity contribution in [1.82, 2.24) is 14.9 Å². The van der Waals surface area contributed by atoms with Gasteiger partial charge in [0, 0.05) is 12.6 Å². The van der Waals surface area contributed by atoms with E-state index >= 15 is 0 Å². The number of nitrogens with zero attached hydrogens (tertiary/aromatic N) is 2. The maximum absolute atomic E-state index is 4.49. The SMILES string of the molecule is CCCNCC(CCC)n1cnc2ccccc21. The van der Waals surface area contributed by atoms with Crippen LogP contribution in [0.5, 0.6) is 0 Å². The lowest BCUT2D eigenvalue weighted by Crippen LogP contribution is -2.25. The third kappa shape index (κ3) is 2.91. The number of benzene rings is 1. The molecule has 0 saturated heterocycles. The summed E-state index contributed by atoms with van der Waals surface area (Å²) in [5.74, 6) is 0. The second-order valence-corrected chi connectivity index (χ2v) is 4.79. The average Bonchev–Trinajstić information content (AvgIpc) is 2.82. The fraction of sp³-hybridized carbons (Fsp3) is 0.533. The molecule has 2 aromatic rings. The molecule has 3 nitrogen and oxygen atoms in total. The molecule has 0 radical (unpaired) electrons. The molecule has 1 unspecified atom stereocenters. The van der Waals surface area contributed by atoms with E-state index in [0.717, 1.165) is 18.6 Å². The van der Waals surface area contributed by atoms with Crippen molar-refractivity contribution in [1.29, 1.82) is 0 Å². The standard InChI is InChI=1S/C15H23N3/c1-3-7-13(11-16-10-4-2)18-12-17-14-8-5-6-9-15(14)18/h5-6,8-9,12-13,16H,3-4,7,10-11H2,1-2H3. The minimum atomic E-state index is 0.508. The van der Waals surface area contributed by atoms with Crippen molar-refractivity contribution < 1.29 is 0 Å². The molecule has 1 aromatic carbocycles. The predicted octanol–water partition coefficient (Wildman–Crippen LogP) is 3.38. The summed E-state index contributed by atoms with van der Waals surface area (Å²) in [6.07, 6.45) is 5.56. The first-order chi connectivity index (χ1) is 8.86. The van der Waals surface area contributed by atoms with Crippen LogP contribution in [0.1, 0.15) is 39.2 Å². The highest BCUT2D eigenvalue weighted by atomic mass is 15.1. The smallest absolute Gasteiger partial charge is 0.0961 e. The molecule has 3 heteroatoms. The third-order valence-corrected chi connectivity index (χ3v) is 3.30. The molecule has 0 bridgehead atoms. The van der Waals surface area contributed by atoms with Crippen molar-refractivity contribution in [2.75, 3.05) is 13.1 Å². The van der Waals surface area contributed by atoms with E-state index in [2.05, 4.69) is 46.9 Å². The van der Waals surface area contributed by atoms with Gasteiger partial charge in [-0.2, -0.15) is 0 Å². The van der Waals surface area contributed by atoms with Gasteiger partial charge in [-0.05, 0) is 31.5 Å².